The number of ketones is 1. The molecule has 0 bridgehead atoms. The van der Waals surface area contributed by atoms with Crippen molar-refractivity contribution in [3.05, 3.63) is 83.5 Å². The summed E-state index contributed by atoms with van der Waals surface area (Å²) in [5.74, 6) is -2.05. The molecule has 1 aliphatic rings. The van der Waals surface area contributed by atoms with E-state index in [0.29, 0.717) is 36.9 Å². The molecule has 1 N–H and O–H groups in total. The zero-order chi connectivity index (χ0) is 34.9. The van der Waals surface area contributed by atoms with E-state index < -0.39 is 58.8 Å². The number of nitrogens with zero attached hydrogens (tertiary/aromatic N) is 7. The molecule has 4 heterocycles. The highest BCUT2D eigenvalue weighted by molar-refractivity contribution is 6.02. The van der Waals surface area contributed by atoms with E-state index in [4.69, 9.17) is 0 Å². The van der Waals surface area contributed by atoms with Crippen LogP contribution in [0.25, 0.3) is 11.3 Å². The van der Waals surface area contributed by atoms with Crippen molar-refractivity contribution in [2.24, 2.45) is 4.99 Å². The summed E-state index contributed by atoms with van der Waals surface area (Å²) < 4.78 is 114. The Labute approximate surface area is 252 Å². The van der Waals surface area contributed by atoms with E-state index in [2.05, 4.69) is 39.6 Å². The summed E-state index contributed by atoms with van der Waals surface area (Å²) in [5.41, 5.74) is -2.29. The third kappa shape index (κ3) is 11.3. The molecule has 3 aromatic heterocycles. The molecule has 0 spiro atoms. The molecule has 0 fully saturated rings. The van der Waals surface area contributed by atoms with E-state index in [1.807, 2.05) is 0 Å². The Kier molecular flexibility index (Phi) is 12.1. The lowest BCUT2D eigenvalue weighted by Gasteiger charge is -2.06. The molecular formula is C26H20F9N7O4. The average molecular weight is 665 g/mol. The molecule has 0 aromatic carbocycles. The van der Waals surface area contributed by atoms with Gasteiger partial charge in [0.1, 0.15) is 47.5 Å². The van der Waals surface area contributed by atoms with E-state index in [-0.39, 0.29) is 11.4 Å². The number of halogens is 9. The van der Waals surface area contributed by atoms with E-state index in [1.165, 1.54) is 0 Å². The molecule has 4 rings (SSSR count). The predicted octanol–water partition coefficient (Wildman–Crippen LogP) is 5.62. The van der Waals surface area contributed by atoms with Crippen LogP contribution in [0, 0.1) is 0 Å². The maximum Gasteiger partial charge on any atom is 0.433 e. The summed E-state index contributed by atoms with van der Waals surface area (Å²) in [6.07, 6.45) is -8.89. The fraction of sp³-hybridized carbons (Fsp3) is 0.269. The third-order valence-corrected chi connectivity index (χ3v) is 5.08. The number of aliphatic imine (C=N–C) groups is 1. The summed E-state index contributed by atoms with van der Waals surface area (Å²) in [5, 5.41) is 9.26. The van der Waals surface area contributed by atoms with Crippen molar-refractivity contribution in [3.8, 4) is 0 Å². The second-order valence-electron chi connectivity index (χ2n) is 8.62. The smallest absolute Gasteiger partial charge is 0.433 e. The highest BCUT2D eigenvalue weighted by Gasteiger charge is 2.34. The van der Waals surface area contributed by atoms with Gasteiger partial charge in [0.15, 0.2) is 11.5 Å². The number of aliphatic hydroxyl groups excluding tert-OH is 1. The predicted molar refractivity (Wildman–Crippen MR) is 140 cm³/mol. The van der Waals surface area contributed by atoms with Gasteiger partial charge in [-0.25, -0.2) is 34.7 Å². The Balaban J connectivity index is 0.000000241. The number of aromatic nitrogens is 6. The molecular weight excluding hydrogens is 645 g/mol. The average Bonchev–Trinajstić information content (AvgIpc) is 3.42. The highest BCUT2D eigenvalue weighted by atomic mass is 19.4. The lowest BCUT2D eigenvalue weighted by Crippen LogP contribution is -2.12. The van der Waals surface area contributed by atoms with Crippen molar-refractivity contribution in [1.82, 2.24) is 29.9 Å². The first-order valence-corrected chi connectivity index (χ1v) is 12.1. The van der Waals surface area contributed by atoms with Crippen LogP contribution in [0.1, 0.15) is 52.8 Å². The van der Waals surface area contributed by atoms with Crippen LogP contribution < -0.4 is 0 Å². The molecule has 0 aliphatic carbocycles. The number of methoxy groups -OCH3 is 1. The molecule has 20 heteroatoms. The molecule has 246 valence electrons. The van der Waals surface area contributed by atoms with Crippen molar-refractivity contribution in [2.45, 2.75) is 32.4 Å². The van der Waals surface area contributed by atoms with Gasteiger partial charge in [0.05, 0.1) is 19.3 Å². The normalized spacial score (nSPS) is 13.3. The minimum Gasteiger partial charge on any atom is -0.506 e. The lowest BCUT2D eigenvalue weighted by atomic mass is 10.1. The summed E-state index contributed by atoms with van der Waals surface area (Å²) in [6, 6.07) is 2.04. The van der Waals surface area contributed by atoms with Gasteiger partial charge < -0.3 is 9.84 Å². The molecule has 11 nitrogen and oxygen atoms in total. The Morgan fingerprint density at radius 3 is 1.65 bits per heavy atom. The van der Waals surface area contributed by atoms with Crippen molar-refractivity contribution in [3.63, 3.8) is 0 Å². The number of aliphatic hydroxyl groups is 1. The first-order valence-electron chi connectivity index (χ1n) is 12.1. The lowest BCUT2D eigenvalue weighted by molar-refractivity contribution is -0.142. The van der Waals surface area contributed by atoms with Gasteiger partial charge in [-0.2, -0.15) is 39.5 Å². The quantitative estimate of drug-likeness (QED) is 0.161. The van der Waals surface area contributed by atoms with E-state index in [1.54, 1.807) is 13.0 Å². The number of alkyl halides is 9. The third-order valence-electron chi connectivity index (χ3n) is 5.08. The SMILES string of the molecule is CC(=O)C=C(O)c1cc(C(F)(F)F)ncn1.CC1=NCC(c2cc(C(F)(F)F)ncn2)=C1.COC(=O)c1cc(C(F)(F)F)ncn1. The van der Waals surface area contributed by atoms with Crippen molar-refractivity contribution >= 4 is 28.8 Å². The molecule has 1 aliphatic heterocycles. The number of rotatable bonds is 4. The highest BCUT2D eigenvalue weighted by Crippen LogP contribution is 2.30. The number of carbonyl (C=O) groups excluding carboxylic acids is 2. The first kappa shape index (κ1) is 36.9. The number of hydrogen-bond donors (Lipinski definition) is 1. The summed E-state index contributed by atoms with van der Waals surface area (Å²) in [6.45, 7) is 3.32. The van der Waals surface area contributed by atoms with Crippen LogP contribution in [-0.2, 0) is 28.1 Å². The second-order valence-corrected chi connectivity index (χ2v) is 8.62. The molecule has 46 heavy (non-hydrogen) atoms. The van der Waals surface area contributed by atoms with E-state index in [9.17, 15) is 54.2 Å². The fourth-order valence-electron chi connectivity index (χ4n) is 3.04. The van der Waals surface area contributed by atoms with Crippen LogP contribution in [0.4, 0.5) is 39.5 Å². The largest absolute Gasteiger partial charge is 0.506 e. The van der Waals surface area contributed by atoms with Crippen LogP contribution in [0.15, 0.2) is 54.3 Å². The van der Waals surface area contributed by atoms with Gasteiger partial charge in [-0.05, 0) is 32.1 Å². The molecule has 0 saturated carbocycles. The number of ether oxygens (including phenoxy) is 1. The van der Waals surface area contributed by atoms with Gasteiger partial charge in [0.2, 0.25) is 0 Å². The summed E-state index contributed by atoms with van der Waals surface area (Å²) in [4.78, 5) is 45.3. The van der Waals surface area contributed by atoms with Gasteiger partial charge in [0, 0.05) is 23.4 Å². The molecule has 0 amide bonds. The van der Waals surface area contributed by atoms with Gasteiger partial charge in [0.25, 0.3) is 0 Å². The van der Waals surface area contributed by atoms with Crippen LogP contribution >= 0.6 is 0 Å². The standard InChI is InChI=1S/C10H8F3N3.C9H7F3N2O2.C7H5F3N2O2/c1-6-2-7(4-14-6)8-3-9(10(11,12)13)16-5-15-8;1-5(15)2-7(16)6-3-8(9(10,11)12)14-4-13-6;1-14-6(13)4-2-5(7(8,9)10)12-3-11-4/h2-3,5H,4H2,1H3;2-4,16H,1H3;2-3H,1H3. The number of carbonyl (C=O) groups is 2. The Bertz CT molecular complexity index is 1590. The van der Waals surface area contributed by atoms with Crippen LogP contribution in [-0.4, -0.2) is 66.1 Å². The Morgan fingerprint density at radius 2 is 1.22 bits per heavy atom. The molecule has 0 radical (unpaired) electrons. The molecule has 3 aromatic rings. The number of allylic oxidation sites excluding steroid dienone is 2. The zero-order valence-electron chi connectivity index (χ0n) is 23.5. The minimum atomic E-state index is -4.62. The Morgan fingerprint density at radius 1 is 0.761 bits per heavy atom. The second kappa shape index (κ2) is 15.1. The molecule has 0 saturated heterocycles. The van der Waals surface area contributed by atoms with Crippen LogP contribution in [0.3, 0.4) is 0 Å². The number of esters is 1. The van der Waals surface area contributed by atoms with Crippen molar-refractivity contribution in [2.75, 3.05) is 13.7 Å². The van der Waals surface area contributed by atoms with Crippen LogP contribution in [0.5, 0.6) is 0 Å². The summed E-state index contributed by atoms with van der Waals surface area (Å²) >= 11 is 0. The van der Waals surface area contributed by atoms with Gasteiger partial charge in [-0.3, -0.25) is 9.79 Å². The van der Waals surface area contributed by atoms with E-state index >= 15 is 0 Å². The maximum atomic E-state index is 12.4. The van der Waals surface area contributed by atoms with Crippen molar-refractivity contribution in [1.29, 1.82) is 0 Å². The summed E-state index contributed by atoms with van der Waals surface area (Å²) in [7, 11) is 1.05. The van der Waals surface area contributed by atoms with Gasteiger partial charge in [-0.15, -0.1) is 0 Å². The zero-order valence-corrected chi connectivity index (χ0v) is 23.5. The Hall–Kier alpha value is -5.30. The minimum absolute atomic E-state index is 0.280. The number of hydrogen-bond acceptors (Lipinski definition) is 11. The van der Waals surface area contributed by atoms with Crippen LogP contribution in [0.2, 0.25) is 0 Å². The monoisotopic (exact) mass is 665 g/mol. The van der Waals surface area contributed by atoms with Gasteiger partial charge in [-0.1, -0.05) is 0 Å². The molecule has 0 atom stereocenters. The van der Waals surface area contributed by atoms with E-state index in [0.717, 1.165) is 38.2 Å². The topological polar surface area (TPSA) is 153 Å². The van der Waals surface area contributed by atoms with Crippen molar-refractivity contribution < 1.29 is 58.9 Å². The first-order chi connectivity index (χ1) is 21.2. The maximum absolute atomic E-state index is 12.4. The molecule has 0 unspecified atom stereocenters. The van der Waals surface area contributed by atoms with Gasteiger partial charge >= 0.3 is 24.5 Å². The fourth-order valence-corrected chi connectivity index (χ4v) is 3.04.